The summed E-state index contributed by atoms with van der Waals surface area (Å²) in [5, 5.41) is 8.89. The van der Waals surface area contributed by atoms with Gasteiger partial charge in [0.2, 0.25) is 0 Å². The normalized spacial score (nSPS) is 15.2. The maximum atomic E-state index is 8.89. The monoisotopic (exact) mass is 303 g/mol. The molecule has 0 unspecified atom stereocenters. The molecule has 1 aliphatic rings. The number of hydrogen-bond donors (Lipinski definition) is 1. The zero-order chi connectivity index (χ0) is 16.2. The molecule has 3 rings (SSSR count). The average molecular weight is 303 g/mol. The molecular formula is C20H21N3. The van der Waals surface area contributed by atoms with Crippen LogP contribution in [-0.2, 0) is 0 Å². The van der Waals surface area contributed by atoms with E-state index in [1.807, 2.05) is 30.3 Å². The number of nitrogen functional groups attached to an aromatic ring is 1. The van der Waals surface area contributed by atoms with E-state index in [0.29, 0.717) is 5.92 Å². The van der Waals surface area contributed by atoms with E-state index >= 15 is 0 Å². The predicted octanol–water partition coefficient (Wildman–Crippen LogP) is 3.99. The van der Waals surface area contributed by atoms with Gasteiger partial charge in [-0.15, -0.1) is 0 Å². The van der Waals surface area contributed by atoms with Crippen molar-refractivity contribution in [1.82, 2.24) is 4.90 Å². The van der Waals surface area contributed by atoms with Gasteiger partial charge in [-0.2, -0.15) is 5.26 Å². The summed E-state index contributed by atoms with van der Waals surface area (Å²) in [6, 6.07) is 18.1. The Kier molecular flexibility index (Phi) is 4.34. The van der Waals surface area contributed by atoms with Gasteiger partial charge in [-0.1, -0.05) is 30.8 Å². The molecular weight excluding hydrogens is 282 g/mol. The lowest BCUT2D eigenvalue weighted by Gasteiger charge is -2.35. The number of rotatable bonds is 3. The van der Waals surface area contributed by atoms with Crippen LogP contribution in [0.4, 0.5) is 5.69 Å². The molecule has 3 nitrogen and oxygen atoms in total. The number of nitrogens with two attached hydrogens (primary N) is 1. The van der Waals surface area contributed by atoms with E-state index in [2.05, 4.69) is 35.7 Å². The van der Waals surface area contributed by atoms with Gasteiger partial charge in [-0.3, -0.25) is 0 Å². The second-order valence-corrected chi connectivity index (χ2v) is 6.07. The molecule has 0 aliphatic carbocycles. The highest BCUT2D eigenvalue weighted by atomic mass is 15.1. The van der Waals surface area contributed by atoms with E-state index < -0.39 is 0 Å². The van der Waals surface area contributed by atoms with E-state index in [0.717, 1.165) is 48.4 Å². The summed E-state index contributed by atoms with van der Waals surface area (Å²) in [6.45, 7) is 6.24. The van der Waals surface area contributed by atoms with Gasteiger partial charge in [0, 0.05) is 24.5 Å². The smallest absolute Gasteiger partial charge is 0.0991 e. The van der Waals surface area contributed by atoms with Gasteiger partial charge in [-0.05, 0) is 54.2 Å². The molecule has 116 valence electrons. The van der Waals surface area contributed by atoms with Crippen molar-refractivity contribution in [3.63, 3.8) is 0 Å². The minimum absolute atomic E-state index is 0.563. The molecule has 0 saturated carbocycles. The van der Waals surface area contributed by atoms with Crippen molar-refractivity contribution in [3.8, 4) is 6.07 Å². The standard InChI is InChI=1S/C20H21N3/c1-15(19-3-2-4-20(22)13-19)23-11-9-18(10-12-23)17-7-5-16(14-21)6-8-17/h2-8,13,18H,1,9-12,22H2. The van der Waals surface area contributed by atoms with Gasteiger partial charge in [0.05, 0.1) is 11.6 Å². The molecule has 0 aromatic heterocycles. The topological polar surface area (TPSA) is 53.0 Å². The van der Waals surface area contributed by atoms with Crippen LogP contribution >= 0.6 is 0 Å². The Morgan fingerprint density at radius 3 is 2.43 bits per heavy atom. The third-order valence-corrected chi connectivity index (χ3v) is 4.61. The third kappa shape index (κ3) is 3.37. The van der Waals surface area contributed by atoms with Crippen LogP contribution in [0.25, 0.3) is 5.70 Å². The average Bonchev–Trinajstić information content (AvgIpc) is 2.61. The van der Waals surface area contributed by atoms with E-state index in [-0.39, 0.29) is 0 Å². The molecule has 1 saturated heterocycles. The quantitative estimate of drug-likeness (QED) is 0.872. The number of anilines is 1. The van der Waals surface area contributed by atoms with Crippen molar-refractivity contribution in [2.45, 2.75) is 18.8 Å². The Labute approximate surface area is 137 Å². The maximum absolute atomic E-state index is 8.89. The van der Waals surface area contributed by atoms with Crippen molar-refractivity contribution in [2.24, 2.45) is 0 Å². The molecule has 2 N–H and O–H groups in total. The molecule has 0 amide bonds. The van der Waals surface area contributed by atoms with Gasteiger partial charge >= 0.3 is 0 Å². The summed E-state index contributed by atoms with van der Waals surface area (Å²) in [5.74, 6) is 0.563. The number of nitriles is 1. The maximum Gasteiger partial charge on any atom is 0.0991 e. The molecule has 0 atom stereocenters. The van der Waals surface area contributed by atoms with Crippen molar-refractivity contribution in [2.75, 3.05) is 18.8 Å². The molecule has 0 spiro atoms. The lowest BCUT2D eigenvalue weighted by Crippen LogP contribution is -2.31. The van der Waals surface area contributed by atoms with E-state index in [1.54, 1.807) is 0 Å². The van der Waals surface area contributed by atoms with Crippen LogP contribution in [0, 0.1) is 11.3 Å². The largest absolute Gasteiger partial charge is 0.399 e. The summed E-state index contributed by atoms with van der Waals surface area (Å²) in [5.41, 5.74) is 10.8. The molecule has 1 fully saturated rings. The van der Waals surface area contributed by atoms with Crippen LogP contribution in [0.15, 0.2) is 55.1 Å². The fourth-order valence-corrected chi connectivity index (χ4v) is 3.21. The van der Waals surface area contributed by atoms with E-state index in [9.17, 15) is 0 Å². The Morgan fingerprint density at radius 2 is 1.83 bits per heavy atom. The van der Waals surface area contributed by atoms with Gasteiger partial charge in [0.25, 0.3) is 0 Å². The summed E-state index contributed by atoms with van der Waals surface area (Å²) >= 11 is 0. The molecule has 2 aromatic carbocycles. The van der Waals surface area contributed by atoms with Crippen molar-refractivity contribution in [1.29, 1.82) is 5.26 Å². The third-order valence-electron chi connectivity index (χ3n) is 4.61. The summed E-state index contributed by atoms with van der Waals surface area (Å²) in [4.78, 5) is 2.34. The zero-order valence-corrected chi connectivity index (χ0v) is 13.2. The minimum Gasteiger partial charge on any atom is -0.399 e. The van der Waals surface area contributed by atoms with Crippen LogP contribution in [-0.4, -0.2) is 18.0 Å². The first-order chi connectivity index (χ1) is 11.2. The second kappa shape index (κ2) is 6.58. The molecule has 1 heterocycles. The Morgan fingerprint density at radius 1 is 1.13 bits per heavy atom. The van der Waals surface area contributed by atoms with Crippen LogP contribution in [0.3, 0.4) is 0 Å². The highest BCUT2D eigenvalue weighted by Crippen LogP contribution is 2.31. The molecule has 23 heavy (non-hydrogen) atoms. The second-order valence-electron chi connectivity index (χ2n) is 6.07. The molecule has 2 aromatic rings. The number of benzene rings is 2. The minimum atomic E-state index is 0.563. The van der Waals surface area contributed by atoms with Gasteiger partial charge in [0.15, 0.2) is 0 Å². The van der Waals surface area contributed by atoms with Crippen LogP contribution in [0.5, 0.6) is 0 Å². The van der Waals surface area contributed by atoms with Crippen molar-refractivity contribution in [3.05, 3.63) is 71.8 Å². The van der Waals surface area contributed by atoms with Gasteiger partial charge in [0.1, 0.15) is 0 Å². The SMILES string of the molecule is C=C(c1cccc(N)c1)N1CCC(c2ccc(C#N)cc2)CC1. The van der Waals surface area contributed by atoms with Crippen LogP contribution < -0.4 is 5.73 Å². The summed E-state index contributed by atoms with van der Waals surface area (Å²) in [7, 11) is 0. The van der Waals surface area contributed by atoms with Gasteiger partial charge < -0.3 is 10.6 Å². The van der Waals surface area contributed by atoms with E-state index in [4.69, 9.17) is 11.0 Å². The fourth-order valence-electron chi connectivity index (χ4n) is 3.21. The lowest BCUT2D eigenvalue weighted by molar-refractivity contribution is 0.299. The van der Waals surface area contributed by atoms with Gasteiger partial charge in [-0.25, -0.2) is 0 Å². The summed E-state index contributed by atoms with van der Waals surface area (Å²) in [6.07, 6.45) is 2.21. The first-order valence-corrected chi connectivity index (χ1v) is 7.97. The Balaban J connectivity index is 1.64. The van der Waals surface area contributed by atoms with Crippen LogP contribution in [0.2, 0.25) is 0 Å². The van der Waals surface area contributed by atoms with Crippen molar-refractivity contribution < 1.29 is 0 Å². The lowest BCUT2D eigenvalue weighted by atomic mass is 9.88. The number of nitrogens with zero attached hydrogens (tertiary/aromatic N) is 2. The Bertz CT molecular complexity index is 732. The molecule has 3 heteroatoms. The fraction of sp³-hybridized carbons (Fsp3) is 0.250. The zero-order valence-electron chi connectivity index (χ0n) is 13.2. The number of likely N-dealkylation sites (tertiary alicyclic amines) is 1. The Hall–Kier alpha value is -2.73. The predicted molar refractivity (Wildman–Crippen MR) is 94.6 cm³/mol. The number of piperidine rings is 1. The molecule has 1 aliphatic heterocycles. The first-order valence-electron chi connectivity index (χ1n) is 7.97. The number of hydrogen-bond acceptors (Lipinski definition) is 3. The molecule has 0 bridgehead atoms. The first kappa shape index (κ1) is 15.2. The van der Waals surface area contributed by atoms with Crippen LogP contribution in [0.1, 0.15) is 35.4 Å². The molecule has 0 radical (unpaired) electrons. The van der Waals surface area contributed by atoms with E-state index in [1.165, 1.54) is 5.56 Å². The summed E-state index contributed by atoms with van der Waals surface area (Å²) < 4.78 is 0. The van der Waals surface area contributed by atoms with Crippen molar-refractivity contribution >= 4 is 11.4 Å². The highest BCUT2D eigenvalue weighted by Gasteiger charge is 2.21. The highest BCUT2D eigenvalue weighted by molar-refractivity contribution is 5.65.